The highest BCUT2D eigenvalue weighted by molar-refractivity contribution is 6.38. The summed E-state index contributed by atoms with van der Waals surface area (Å²) in [5.74, 6) is -0.150. The Morgan fingerprint density at radius 3 is 2.55 bits per heavy atom. The molecule has 31 heavy (non-hydrogen) atoms. The summed E-state index contributed by atoms with van der Waals surface area (Å²) in [6.45, 7) is 2.26. The third-order valence-corrected chi connectivity index (χ3v) is 5.31. The molecule has 3 aromatic rings. The van der Waals surface area contributed by atoms with Gasteiger partial charge in [0.25, 0.3) is 5.91 Å². The largest absolute Gasteiger partial charge is 0.383 e. The lowest BCUT2D eigenvalue weighted by molar-refractivity contribution is -0.110. The number of amides is 1. The molecule has 1 aliphatic rings. The minimum atomic E-state index is -0.150. The molecule has 0 bridgehead atoms. The first-order chi connectivity index (χ1) is 15.2. The van der Waals surface area contributed by atoms with Gasteiger partial charge in [0, 0.05) is 36.5 Å². The van der Waals surface area contributed by atoms with Gasteiger partial charge in [0.05, 0.1) is 23.6 Å². The van der Waals surface area contributed by atoms with Crippen LogP contribution in [0, 0.1) is 0 Å². The predicted molar refractivity (Wildman–Crippen MR) is 127 cm³/mol. The molecule has 4 rings (SSSR count). The first-order valence-electron chi connectivity index (χ1n) is 10.1. The zero-order valence-electron chi connectivity index (χ0n) is 17.2. The number of hydrogen-bond donors (Lipinski definition) is 3. The second-order valence-corrected chi connectivity index (χ2v) is 7.69. The van der Waals surface area contributed by atoms with Gasteiger partial charge < -0.3 is 20.7 Å². The van der Waals surface area contributed by atoms with Crippen molar-refractivity contribution in [2.45, 2.75) is 6.54 Å². The van der Waals surface area contributed by atoms with Gasteiger partial charge in [-0.1, -0.05) is 60.1 Å². The summed E-state index contributed by atoms with van der Waals surface area (Å²) >= 11 is 6.12. The highest BCUT2D eigenvalue weighted by atomic mass is 35.5. The third kappa shape index (κ3) is 4.97. The van der Waals surface area contributed by atoms with E-state index in [4.69, 9.17) is 16.3 Å². The van der Waals surface area contributed by atoms with Gasteiger partial charge in [-0.25, -0.2) is 0 Å². The van der Waals surface area contributed by atoms with E-state index in [0.717, 1.165) is 41.3 Å². The summed E-state index contributed by atoms with van der Waals surface area (Å²) in [5.41, 5.74) is 5.92. The molecule has 0 aliphatic carbocycles. The van der Waals surface area contributed by atoms with Crippen LogP contribution in [0.15, 0.2) is 72.8 Å². The van der Waals surface area contributed by atoms with Gasteiger partial charge in [-0.2, -0.15) is 0 Å². The van der Waals surface area contributed by atoms with Crippen molar-refractivity contribution < 1.29 is 9.53 Å². The van der Waals surface area contributed by atoms with Crippen LogP contribution in [0.25, 0.3) is 11.3 Å². The minimum Gasteiger partial charge on any atom is -0.383 e. The lowest BCUT2D eigenvalue weighted by Crippen LogP contribution is -2.18. The van der Waals surface area contributed by atoms with E-state index < -0.39 is 0 Å². The number of halogens is 1. The van der Waals surface area contributed by atoms with E-state index in [0.29, 0.717) is 17.2 Å². The zero-order chi connectivity index (χ0) is 21.6. The summed E-state index contributed by atoms with van der Waals surface area (Å²) in [4.78, 5) is 12.9. The van der Waals surface area contributed by atoms with E-state index in [2.05, 4.69) is 28.1 Å². The number of nitrogens with one attached hydrogen (secondary N) is 3. The van der Waals surface area contributed by atoms with E-state index in [1.807, 2.05) is 48.5 Å². The molecule has 0 fully saturated rings. The summed E-state index contributed by atoms with van der Waals surface area (Å²) in [6.07, 6.45) is 0. The van der Waals surface area contributed by atoms with Gasteiger partial charge in [0.2, 0.25) is 0 Å². The molecule has 0 saturated carbocycles. The summed E-state index contributed by atoms with van der Waals surface area (Å²) in [7, 11) is 1.69. The van der Waals surface area contributed by atoms with Crippen molar-refractivity contribution in [3.8, 4) is 0 Å². The van der Waals surface area contributed by atoms with Gasteiger partial charge >= 0.3 is 0 Å². The number of carbonyl (C=O) groups excluding carboxylic acids is 1. The second-order valence-electron chi connectivity index (χ2n) is 7.25. The number of methoxy groups -OCH3 is 1. The fourth-order valence-corrected chi connectivity index (χ4v) is 3.71. The van der Waals surface area contributed by atoms with Crippen LogP contribution in [0.5, 0.6) is 0 Å². The van der Waals surface area contributed by atoms with Crippen LogP contribution in [0.3, 0.4) is 0 Å². The van der Waals surface area contributed by atoms with E-state index in [1.165, 1.54) is 5.56 Å². The zero-order valence-corrected chi connectivity index (χ0v) is 18.0. The highest BCUT2D eigenvalue weighted by Crippen LogP contribution is 2.38. The molecule has 0 spiro atoms. The van der Waals surface area contributed by atoms with Crippen molar-refractivity contribution in [1.29, 1.82) is 0 Å². The van der Waals surface area contributed by atoms with Gasteiger partial charge in [0.15, 0.2) is 0 Å². The maximum absolute atomic E-state index is 12.9. The molecule has 0 unspecified atom stereocenters. The lowest BCUT2D eigenvalue weighted by atomic mass is 10.00. The van der Waals surface area contributed by atoms with Crippen LogP contribution in [-0.2, 0) is 16.1 Å². The summed E-state index contributed by atoms with van der Waals surface area (Å²) < 4.78 is 5.06. The maximum atomic E-state index is 12.9. The predicted octanol–water partition coefficient (Wildman–Crippen LogP) is 5.01. The number of carbonyl (C=O) groups is 1. The van der Waals surface area contributed by atoms with E-state index in [9.17, 15) is 4.79 Å². The molecule has 5 nitrogen and oxygen atoms in total. The molecule has 1 heterocycles. The smallest absolute Gasteiger partial charge is 0.258 e. The SMILES string of the molecule is COCCNCc1ccc(N/C(=C2\C(=O)Nc3cc(Cl)ccc32)c2ccccc2)cc1. The first-order valence-corrected chi connectivity index (χ1v) is 10.5. The molecule has 1 aliphatic heterocycles. The molecular weight excluding hydrogens is 410 g/mol. The number of fused-ring (bicyclic) bond motifs is 1. The van der Waals surface area contributed by atoms with Crippen LogP contribution in [0.1, 0.15) is 16.7 Å². The van der Waals surface area contributed by atoms with Crippen molar-refractivity contribution in [1.82, 2.24) is 5.32 Å². The third-order valence-electron chi connectivity index (χ3n) is 5.07. The fourth-order valence-electron chi connectivity index (χ4n) is 3.53. The topological polar surface area (TPSA) is 62.4 Å². The van der Waals surface area contributed by atoms with Crippen LogP contribution in [-0.4, -0.2) is 26.2 Å². The summed E-state index contributed by atoms with van der Waals surface area (Å²) in [5, 5.41) is 10.3. The summed E-state index contributed by atoms with van der Waals surface area (Å²) in [6, 6.07) is 23.5. The van der Waals surface area contributed by atoms with Crippen LogP contribution in [0.2, 0.25) is 5.02 Å². The minimum absolute atomic E-state index is 0.150. The molecule has 0 radical (unpaired) electrons. The molecule has 3 N–H and O–H groups in total. The second kappa shape index (κ2) is 9.79. The van der Waals surface area contributed by atoms with E-state index in [-0.39, 0.29) is 5.91 Å². The van der Waals surface area contributed by atoms with Gasteiger partial charge in [-0.05, 0) is 35.4 Å². The van der Waals surface area contributed by atoms with E-state index >= 15 is 0 Å². The molecule has 0 saturated heterocycles. The van der Waals surface area contributed by atoms with Gasteiger partial charge in [-0.15, -0.1) is 0 Å². The molecule has 0 aromatic heterocycles. The lowest BCUT2D eigenvalue weighted by Gasteiger charge is -2.15. The average molecular weight is 434 g/mol. The van der Waals surface area contributed by atoms with Gasteiger partial charge in [0.1, 0.15) is 0 Å². The number of hydrogen-bond acceptors (Lipinski definition) is 4. The molecule has 3 aromatic carbocycles. The Balaban J connectivity index is 1.65. The Bertz CT molecular complexity index is 1100. The monoisotopic (exact) mass is 433 g/mol. The number of anilines is 2. The van der Waals surface area contributed by atoms with Crippen LogP contribution < -0.4 is 16.0 Å². The fraction of sp³-hybridized carbons (Fsp3) is 0.160. The molecule has 0 atom stereocenters. The maximum Gasteiger partial charge on any atom is 0.258 e. The van der Waals surface area contributed by atoms with Crippen molar-refractivity contribution in [3.63, 3.8) is 0 Å². The molecular formula is C25H24ClN3O2. The van der Waals surface area contributed by atoms with Crippen molar-refractivity contribution in [2.75, 3.05) is 30.9 Å². The van der Waals surface area contributed by atoms with Gasteiger partial charge in [-0.3, -0.25) is 4.79 Å². The average Bonchev–Trinajstić information content (AvgIpc) is 3.11. The molecule has 6 heteroatoms. The van der Waals surface area contributed by atoms with Crippen LogP contribution >= 0.6 is 11.6 Å². The molecule has 158 valence electrons. The Kier molecular flexibility index (Phi) is 6.67. The number of ether oxygens (including phenoxy) is 1. The highest BCUT2D eigenvalue weighted by Gasteiger charge is 2.28. The van der Waals surface area contributed by atoms with Crippen molar-refractivity contribution >= 4 is 40.2 Å². The molecule has 1 amide bonds. The van der Waals surface area contributed by atoms with E-state index in [1.54, 1.807) is 19.2 Å². The first kappa shape index (κ1) is 21.1. The van der Waals surface area contributed by atoms with Crippen molar-refractivity contribution in [3.05, 3.63) is 94.5 Å². The number of rotatable bonds is 8. The number of benzene rings is 3. The Morgan fingerprint density at radius 2 is 1.81 bits per heavy atom. The van der Waals surface area contributed by atoms with Crippen molar-refractivity contribution in [2.24, 2.45) is 0 Å². The normalized spacial score (nSPS) is 14.2. The van der Waals surface area contributed by atoms with Crippen LogP contribution in [0.4, 0.5) is 11.4 Å². The standard InChI is InChI=1S/C25H24ClN3O2/c1-31-14-13-27-16-17-7-10-20(11-8-17)28-24(18-5-3-2-4-6-18)23-21-12-9-19(26)15-22(21)29-25(23)30/h2-12,15,27-28H,13-14,16H2,1H3,(H,29,30)/b24-23-. The quantitative estimate of drug-likeness (QED) is 0.345. The Morgan fingerprint density at radius 1 is 1.03 bits per heavy atom. The Labute approximate surface area is 187 Å². The Hall–Kier alpha value is -3.12.